The summed E-state index contributed by atoms with van der Waals surface area (Å²) < 4.78 is 43.3. The van der Waals surface area contributed by atoms with E-state index in [-0.39, 0.29) is 5.54 Å². The van der Waals surface area contributed by atoms with Gasteiger partial charge in [-0.25, -0.2) is 4.79 Å². The molecule has 2 aromatic carbocycles. The predicted octanol–water partition coefficient (Wildman–Crippen LogP) is 4.28. The predicted molar refractivity (Wildman–Crippen MR) is 130 cm³/mol. The van der Waals surface area contributed by atoms with Crippen molar-refractivity contribution >= 4 is 16.9 Å². The number of likely N-dealkylation sites (tertiary alicyclic amines) is 1. The lowest BCUT2D eigenvalue weighted by molar-refractivity contribution is -0.192. The van der Waals surface area contributed by atoms with Gasteiger partial charge in [-0.15, -0.1) is 0 Å². The van der Waals surface area contributed by atoms with Crippen molar-refractivity contribution in [3.63, 3.8) is 0 Å². The first-order valence-corrected chi connectivity index (χ1v) is 11.7. The Hall–Kier alpha value is -3.24. The summed E-state index contributed by atoms with van der Waals surface area (Å²) >= 11 is 0. The second-order valence-electron chi connectivity index (χ2n) is 9.11. The van der Waals surface area contributed by atoms with Gasteiger partial charge in [-0.05, 0) is 55.8 Å². The summed E-state index contributed by atoms with van der Waals surface area (Å²) in [5.74, 6) is -0.886. The van der Waals surface area contributed by atoms with Crippen molar-refractivity contribution in [3.05, 3.63) is 59.8 Å². The van der Waals surface area contributed by atoms with E-state index in [1.807, 2.05) is 36.4 Å². The summed E-state index contributed by atoms with van der Waals surface area (Å²) in [5.41, 5.74) is 4.12. The number of alkyl halides is 3. The molecule has 1 aromatic heterocycles. The Labute approximate surface area is 207 Å². The molecule has 0 bridgehead atoms. The Kier molecular flexibility index (Phi) is 7.46. The summed E-state index contributed by atoms with van der Waals surface area (Å²) in [5, 5.41) is 8.44. The normalized spacial score (nSPS) is 20.1. The third-order valence-electron chi connectivity index (χ3n) is 6.87. The molecule has 194 valence electrons. The first-order chi connectivity index (χ1) is 17.1. The van der Waals surface area contributed by atoms with Crippen LogP contribution in [0, 0.1) is 0 Å². The van der Waals surface area contributed by atoms with Crippen molar-refractivity contribution in [2.75, 3.05) is 46.9 Å². The average Bonchev–Trinajstić information content (AvgIpc) is 3.42. The number of carboxylic acid groups (broad SMARTS) is 1. The van der Waals surface area contributed by atoms with Gasteiger partial charge in [0, 0.05) is 42.8 Å². The number of ether oxygens (including phenoxy) is 2. The highest BCUT2D eigenvalue weighted by molar-refractivity contribution is 5.87. The minimum Gasteiger partial charge on any atom is -0.497 e. The minimum atomic E-state index is -5.08. The summed E-state index contributed by atoms with van der Waals surface area (Å²) in [6.45, 7) is 4.87. The lowest BCUT2D eigenvalue weighted by Crippen LogP contribution is -2.53. The van der Waals surface area contributed by atoms with Crippen molar-refractivity contribution < 1.29 is 32.5 Å². The molecule has 2 N–H and O–H groups in total. The number of carbonyl (C=O) groups is 1. The van der Waals surface area contributed by atoms with E-state index in [1.165, 1.54) is 22.2 Å². The molecule has 5 rings (SSSR count). The van der Waals surface area contributed by atoms with E-state index in [0.717, 1.165) is 50.5 Å². The number of benzene rings is 2. The van der Waals surface area contributed by atoms with Crippen LogP contribution >= 0.6 is 0 Å². The van der Waals surface area contributed by atoms with E-state index < -0.39 is 12.1 Å². The van der Waals surface area contributed by atoms with Crippen LogP contribution in [0.2, 0.25) is 0 Å². The van der Waals surface area contributed by atoms with E-state index in [4.69, 9.17) is 19.4 Å². The van der Waals surface area contributed by atoms with Gasteiger partial charge in [-0.3, -0.25) is 4.90 Å². The van der Waals surface area contributed by atoms with E-state index >= 15 is 0 Å². The zero-order valence-electron chi connectivity index (χ0n) is 20.3. The zero-order chi connectivity index (χ0) is 25.9. The van der Waals surface area contributed by atoms with Gasteiger partial charge in [0.25, 0.3) is 0 Å². The van der Waals surface area contributed by atoms with Gasteiger partial charge in [-0.1, -0.05) is 18.2 Å². The maximum atomic E-state index is 10.6. The number of aromatic nitrogens is 1. The van der Waals surface area contributed by atoms with Crippen LogP contribution in [0.25, 0.3) is 10.9 Å². The van der Waals surface area contributed by atoms with Gasteiger partial charge in [-0.2, -0.15) is 13.2 Å². The van der Waals surface area contributed by atoms with Gasteiger partial charge >= 0.3 is 12.1 Å². The minimum absolute atomic E-state index is 0.0363. The molecule has 1 saturated heterocycles. The van der Waals surface area contributed by atoms with Crippen LogP contribution in [0.3, 0.4) is 0 Å². The van der Waals surface area contributed by atoms with Crippen molar-refractivity contribution in [1.29, 1.82) is 0 Å². The molecule has 1 spiro atoms. The number of hydrogen-bond donors (Lipinski definition) is 2. The number of aliphatic carboxylic acids is 1. The average molecular weight is 506 g/mol. The second-order valence-corrected chi connectivity index (χ2v) is 9.11. The molecule has 36 heavy (non-hydrogen) atoms. The number of nitrogens with one attached hydrogen (secondary N) is 1. The van der Waals surface area contributed by atoms with Crippen molar-refractivity contribution in [2.24, 2.45) is 0 Å². The summed E-state index contributed by atoms with van der Waals surface area (Å²) in [6, 6.07) is 16.5. The van der Waals surface area contributed by atoms with Gasteiger partial charge < -0.3 is 24.5 Å². The molecule has 3 heterocycles. The number of methoxy groups -OCH3 is 1. The largest absolute Gasteiger partial charge is 0.497 e. The molecule has 3 aromatic rings. The number of rotatable bonds is 5. The first-order valence-electron chi connectivity index (χ1n) is 11.7. The van der Waals surface area contributed by atoms with Gasteiger partial charge in [0.05, 0.1) is 12.6 Å². The van der Waals surface area contributed by atoms with Crippen LogP contribution in [0.1, 0.15) is 17.7 Å². The molecule has 0 aliphatic carbocycles. The fourth-order valence-corrected chi connectivity index (χ4v) is 5.19. The Balaban J connectivity index is 0.000000384. The molecule has 1 fully saturated rings. The van der Waals surface area contributed by atoms with Gasteiger partial charge in [0.1, 0.15) is 18.1 Å². The molecule has 2 aliphatic heterocycles. The molecule has 2 aliphatic rings. The standard InChI is InChI=1S/C24H29N3O2.C2HF3O2/c1-26-13-11-24(17-26)23-20(21-16-19(28-2)8-9-22(21)25-23)10-12-27(24)14-15-29-18-6-4-3-5-7-18;3-2(4,5)1(6)7/h3-9,16,25H,10-15,17H2,1-2H3;(H,6,7). The summed E-state index contributed by atoms with van der Waals surface area (Å²) in [6.07, 6.45) is -2.88. The highest BCUT2D eigenvalue weighted by Gasteiger charge is 2.48. The number of hydrogen-bond acceptors (Lipinski definition) is 5. The Morgan fingerprint density at radius 1 is 1.14 bits per heavy atom. The quantitative estimate of drug-likeness (QED) is 0.539. The van der Waals surface area contributed by atoms with Crippen molar-refractivity contribution in [2.45, 2.75) is 24.6 Å². The van der Waals surface area contributed by atoms with Crippen molar-refractivity contribution in [1.82, 2.24) is 14.8 Å². The number of nitrogens with zero attached hydrogens (tertiary/aromatic N) is 2. The highest BCUT2D eigenvalue weighted by Crippen LogP contribution is 2.44. The second kappa shape index (κ2) is 10.4. The maximum absolute atomic E-state index is 10.6. The van der Waals surface area contributed by atoms with E-state index in [9.17, 15) is 13.2 Å². The van der Waals surface area contributed by atoms with E-state index in [1.54, 1.807) is 7.11 Å². The lowest BCUT2D eigenvalue weighted by Gasteiger charge is -2.44. The number of likely N-dealkylation sites (N-methyl/N-ethyl adjacent to an activating group) is 1. The zero-order valence-corrected chi connectivity index (χ0v) is 20.3. The molecular formula is C26H30F3N3O4. The molecule has 7 nitrogen and oxygen atoms in total. The smallest absolute Gasteiger partial charge is 0.490 e. The topological polar surface area (TPSA) is 78.0 Å². The highest BCUT2D eigenvalue weighted by atomic mass is 19.4. The first kappa shape index (κ1) is 25.8. The van der Waals surface area contributed by atoms with Crippen LogP contribution in [-0.4, -0.2) is 79.0 Å². The number of fused-ring (bicyclic) bond motifs is 4. The summed E-state index contributed by atoms with van der Waals surface area (Å²) in [4.78, 5) is 17.8. The van der Waals surface area contributed by atoms with E-state index in [0.29, 0.717) is 6.61 Å². The Morgan fingerprint density at radius 2 is 1.86 bits per heavy atom. The Bertz CT molecular complexity index is 1200. The fourth-order valence-electron chi connectivity index (χ4n) is 5.19. The lowest BCUT2D eigenvalue weighted by atomic mass is 9.84. The Morgan fingerprint density at radius 3 is 2.47 bits per heavy atom. The van der Waals surface area contributed by atoms with Gasteiger partial charge in [0.15, 0.2) is 0 Å². The molecule has 1 unspecified atom stereocenters. The molecule has 0 radical (unpaired) electrons. The molecular weight excluding hydrogens is 475 g/mol. The number of para-hydroxylation sites is 1. The van der Waals surface area contributed by atoms with Gasteiger partial charge in [0.2, 0.25) is 0 Å². The van der Waals surface area contributed by atoms with Crippen LogP contribution in [0.5, 0.6) is 11.5 Å². The molecule has 0 amide bonds. The molecule has 1 atom stereocenters. The summed E-state index contributed by atoms with van der Waals surface area (Å²) in [7, 11) is 3.97. The third kappa shape index (κ3) is 5.29. The van der Waals surface area contributed by atoms with Crippen molar-refractivity contribution in [3.8, 4) is 11.5 Å². The maximum Gasteiger partial charge on any atom is 0.490 e. The molecule has 10 heteroatoms. The molecule has 0 saturated carbocycles. The fraction of sp³-hybridized carbons (Fsp3) is 0.423. The number of halogens is 3. The van der Waals surface area contributed by atoms with Crippen LogP contribution in [-0.2, 0) is 16.8 Å². The van der Waals surface area contributed by atoms with E-state index in [2.05, 4.69) is 34.0 Å². The van der Waals surface area contributed by atoms with Crippen LogP contribution in [0.15, 0.2) is 48.5 Å². The SMILES string of the molecule is COc1ccc2[nH]c3c(c2c1)CCN(CCOc1ccccc1)C31CCN(C)C1.O=C(O)C(F)(F)F. The van der Waals surface area contributed by atoms with Crippen LogP contribution in [0.4, 0.5) is 13.2 Å². The monoisotopic (exact) mass is 505 g/mol. The number of H-pyrrole nitrogens is 1. The number of aromatic amines is 1. The number of carboxylic acids is 1. The third-order valence-corrected chi connectivity index (χ3v) is 6.87. The van der Waals surface area contributed by atoms with Crippen LogP contribution < -0.4 is 9.47 Å².